The second-order valence-electron chi connectivity index (χ2n) is 3.49. The van der Waals surface area contributed by atoms with E-state index in [0.29, 0.717) is 20.5 Å². The molecule has 0 saturated carbocycles. The number of pyridine rings is 1. The summed E-state index contributed by atoms with van der Waals surface area (Å²) in [6.07, 6.45) is -2.12. The van der Waals surface area contributed by atoms with Crippen LogP contribution in [0.25, 0.3) is 0 Å². The number of rotatable bonds is 3. The third-order valence-electron chi connectivity index (χ3n) is 2.14. The van der Waals surface area contributed by atoms with E-state index in [9.17, 15) is 13.2 Å². The highest BCUT2D eigenvalue weighted by atomic mass is 79.9. The Hall–Kier alpha value is -1.35. The Bertz CT molecular complexity index is 607. The van der Waals surface area contributed by atoms with Crippen molar-refractivity contribution in [3.8, 4) is 5.88 Å². The van der Waals surface area contributed by atoms with Gasteiger partial charge in [0.25, 0.3) is 0 Å². The van der Waals surface area contributed by atoms with E-state index in [1.807, 2.05) is 0 Å². The fraction of sp³-hybridized carbons (Fsp3) is 0.182. The van der Waals surface area contributed by atoms with Crippen molar-refractivity contribution in [1.29, 1.82) is 0 Å². The summed E-state index contributed by atoms with van der Waals surface area (Å²) < 4.78 is 42.8. The molecule has 0 atom stereocenters. The number of aromatic nitrogens is 3. The molecule has 0 saturated heterocycles. The molecule has 0 N–H and O–H groups in total. The molecular weight excluding hydrogens is 359 g/mol. The minimum absolute atomic E-state index is 0.331. The van der Waals surface area contributed by atoms with Crippen LogP contribution < -0.4 is 4.74 Å². The molecule has 0 amide bonds. The summed E-state index contributed by atoms with van der Waals surface area (Å²) in [5.41, 5.74) is -0.795. The fourth-order valence-corrected chi connectivity index (χ4v) is 2.25. The zero-order valence-corrected chi connectivity index (χ0v) is 12.4. The van der Waals surface area contributed by atoms with Crippen LogP contribution in [0.5, 0.6) is 5.88 Å². The molecule has 0 aliphatic carbocycles. The number of nitrogens with zero attached hydrogens (tertiary/aromatic N) is 3. The summed E-state index contributed by atoms with van der Waals surface area (Å²) in [5, 5.41) is 0.694. The Labute approximate surface area is 124 Å². The highest BCUT2D eigenvalue weighted by molar-refractivity contribution is 9.10. The third kappa shape index (κ3) is 3.60. The molecule has 20 heavy (non-hydrogen) atoms. The summed E-state index contributed by atoms with van der Waals surface area (Å²) in [5.74, 6) is 0.342. The first-order valence-corrected chi connectivity index (χ1v) is 6.78. The molecule has 4 nitrogen and oxygen atoms in total. The van der Waals surface area contributed by atoms with Gasteiger partial charge in [-0.2, -0.15) is 18.2 Å². The summed E-state index contributed by atoms with van der Waals surface area (Å²) in [7, 11) is 1.46. The first-order valence-electron chi connectivity index (χ1n) is 5.18. The van der Waals surface area contributed by atoms with Crippen LogP contribution in [0, 0.1) is 0 Å². The number of methoxy groups -OCH3 is 1. The molecule has 106 valence electrons. The molecule has 0 fully saturated rings. The number of ether oxygens (including phenoxy) is 1. The highest BCUT2D eigenvalue weighted by Crippen LogP contribution is 2.31. The van der Waals surface area contributed by atoms with Crippen LogP contribution in [0.4, 0.5) is 13.2 Å². The molecule has 0 radical (unpaired) electrons. The number of halogens is 4. The monoisotopic (exact) mass is 365 g/mol. The van der Waals surface area contributed by atoms with Gasteiger partial charge in [0.1, 0.15) is 5.03 Å². The Morgan fingerprint density at radius 2 is 1.95 bits per heavy atom. The van der Waals surface area contributed by atoms with Crippen LogP contribution in [0.1, 0.15) is 5.56 Å². The van der Waals surface area contributed by atoms with Crippen molar-refractivity contribution in [3.63, 3.8) is 0 Å². The van der Waals surface area contributed by atoms with E-state index < -0.39 is 11.7 Å². The van der Waals surface area contributed by atoms with Gasteiger partial charge in [-0.05, 0) is 39.8 Å². The maximum atomic E-state index is 12.4. The van der Waals surface area contributed by atoms with Gasteiger partial charge in [0.05, 0.1) is 17.1 Å². The van der Waals surface area contributed by atoms with Crippen LogP contribution in [-0.4, -0.2) is 22.1 Å². The third-order valence-corrected chi connectivity index (χ3v) is 3.52. The van der Waals surface area contributed by atoms with Crippen LogP contribution in [0.3, 0.4) is 0 Å². The molecule has 2 heterocycles. The first kappa shape index (κ1) is 15.0. The molecule has 0 spiro atoms. The lowest BCUT2D eigenvalue weighted by Gasteiger charge is -2.07. The van der Waals surface area contributed by atoms with Crippen molar-refractivity contribution >= 4 is 27.7 Å². The molecule has 0 aliphatic heterocycles. The van der Waals surface area contributed by atoms with Crippen LogP contribution >= 0.6 is 27.7 Å². The lowest BCUT2D eigenvalue weighted by atomic mass is 10.3. The van der Waals surface area contributed by atoms with Crippen molar-refractivity contribution in [1.82, 2.24) is 15.0 Å². The summed E-state index contributed by atoms with van der Waals surface area (Å²) in [6, 6.07) is 2.23. The maximum absolute atomic E-state index is 12.4. The van der Waals surface area contributed by atoms with E-state index in [1.54, 1.807) is 0 Å². The van der Waals surface area contributed by atoms with Gasteiger partial charge >= 0.3 is 6.18 Å². The molecule has 9 heteroatoms. The van der Waals surface area contributed by atoms with Gasteiger partial charge in [0.15, 0.2) is 5.16 Å². The van der Waals surface area contributed by atoms with Crippen molar-refractivity contribution in [3.05, 3.63) is 34.6 Å². The summed E-state index contributed by atoms with van der Waals surface area (Å²) >= 11 is 4.25. The van der Waals surface area contributed by atoms with Crippen molar-refractivity contribution < 1.29 is 17.9 Å². The lowest BCUT2D eigenvalue weighted by Crippen LogP contribution is -2.05. The Morgan fingerprint density at radius 1 is 1.20 bits per heavy atom. The van der Waals surface area contributed by atoms with E-state index >= 15 is 0 Å². The molecule has 2 aromatic heterocycles. The van der Waals surface area contributed by atoms with E-state index in [0.717, 1.165) is 24.0 Å². The van der Waals surface area contributed by atoms with Gasteiger partial charge in [-0.1, -0.05) is 0 Å². The van der Waals surface area contributed by atoms with E-state index in [2.05, 4.69) is 30.9 Å². The van der Waals surface area contributed by atoms with Gasteiger partial charge in [0.2, 0.25) is 5.88 Å². The fourth-order valence-electron chi connectivity index (χ4n) is 1.23. The molecule has 0 bridgehead atoms. The Morgan fingerprint density at radius 3 is 2.50 bits per heavy atom. The van der Waals surface area contributed by atoms with Crippen molar-refractivity contribution in [2.45, 2.75) is 16.4 Å². The van der Waals surface area contributed by atoms with Gasteiger partial charge in [-0.25, -0.2) is 9.97 Å². The van der Waals surface area contributed by atoms with Crippen molar-refractivity contribution in [2.75, 3.05) is 7.11 Å². The SMILES string of the molecule is COc1nc(Sc2ccc(C(F)(F)F)cn2)ncc1Br. The normalized spacial score (nSPS) is 11.4. The topological polar surface area (TPSA) is 47.9 Å². The predicted octanol–water partition coefficient (Wildman–Crippen LogP) is 3.81. The van der Waals surface area contributed by atoms with E-state index in [4.69, 9.17) is 4.74 Å². The second-order valence-corrected chi connectivity index (χ2v) is 5.34. The quantitative estimate of drug-likeness (QED) is 0.774. The van der Waals surface area contributed by atoms with Gasteiger partial charge < -0.3 is 4.74 Å². The number of hydrogen-bond donors (Lipinski definition) is 0. The molecule has 0 unspecified atom stereocenters. The Balaban J connectivity index is 2.18. The van der Waals surface area contributed by atoms with Crippen LogP contribution in [-0.2, 0) is 6.18 Å². The zero-order valence-electron chi connectivity index (χ0n) is 9.98. The number of alkyl halides is 3. The second kappa shape index (κ2) is 5.96. The van der Waals surface area contributed by atoms with Crippen LogP contribution in [0.15, 0.2) is 39.2 Å². The largest absolute Gasteiger partial charge is 0.480 e. The molecule has 2 rings (SSSR count). The van der Waals surface area contributed by atoms with Gasteiger partial charge in [0, 0.05) is 12.4 Å². The average Bonchev–Trinajstić information content (AvgIpc) is 2.40. The van der Waals surface area contributed by atoms with Crippen molar-refractivity contribution in [2.24, 2.45) is 0 Å². The number of hydrogen-bond acceptors (Lipinski definition) is 5. The maximum Gasteiger partial charge on any atom is 0.417 e. The molecule has 0 aliphatic rings. The standard InChI is InChI=1S/C11H7BrF3N3OS/c1-19-9-7(12)5-17-10(18-9)20-8-3-2-6(4-16-8)11(13,14)15/h2-5H,1H3. The van der Waals surface area contributed by atoms with Crippen LogP contribution in [0.2, 0.25) is 0 Å². The average molecular weight is 366 g/mol. The van der Waals surface area contributed by atoms with Gasteiger partial charge in [-0.15, -0.1) is 0 Å². The minimum Gasteiger partial charge on any atom is -0.480 e. The predicted molar refractivity (Wildman–Crippen MR) is 69.6 cm³/mol. The molecule has 0 aromatic carbocycles. The lowest BCUT2D eigenvalue weighted by molar-refractivity contribution is -0.137. The Kier molecular flexibility index (Phi) is 4.48. The zero-order chi connectivity index (χ0) is 14.8. The van der Waals surface area contributed by atoms with E-state index in [1.165, 1.54) is 19.4 Å². The first-order chi connectivity index (χ1) is 9.40. The molecular formula is C11H7BrF3N3OS. The minimum atomic E-state index is -4.40. The van der Waals surface area contributed by atoms with E-state index in [-0.39, 0.29) is 0 Å². The van der Waals surface area contributed by atoms with Gasteiger partial charge in [-0.3, -0.25) is 0 Å². The highest BCUT2D eigenvalue weighted by Gasteiger charge is 2.30. The molecule has 2 aromatic rings. The summed E-state index contributed by atoms with van der Waals surface area (Å²) in [4.78, 5) is 11.8. The summed E-state index contributed by atoms with van der Waals surface area (Å²) in [6.45, 7) is 0. The smallest absolute Gasteiger partial charge is 0.417 e.